The molecule has 0 saturated carbocycles. The van der Waals surface area contributed by atoms with Crippen LogP contribution < -0.4 is 11.1 Å². The molecule has 0 spiro atoms. The largest absolute Gasteiger partial charge is 0.451 e. The first-order valence-electron chi connectivity index (χ1n) is 4.64. The van der Waals surface area contributed by atoms with Crippen LogP contribution in [0.15, 0.2) is 0 Å². The lowest BCUT2D eigenvalue weighted by atomic mass is 10.3. The summed E-state index contributed by atoms with van der Waals surface area (Å²) in [6, 6.07) is 0. The Labute approximate surface area is 92.6 Å². The van der Waals surface area contributed by atoms with Gasteiger partial charge in [0.05, 0.1) is 11.4 Å². The minimum absolute atomic E-state index is 0.154. The van der Waals surface area contributed by atoms with Crippen molar-refractivity contribution in [3.63, 3.8) is 0 Å². The number of nitrogens with two attached hydrogens (primary N) is 1. The number of rotatable bonds is 3. The molecule has 16 heavy (non-hydrogen) atoms. The van der Waals surface area contributed by atoms with Gasteiger partial charge in [0.1, 0.15) is 0 Å². The molecule has 0 aliphatic heterocycles. The number of carbonyl (C=O) groups is 2. The lowest BCUT2D eigenvalue weighted by molar-refractivity contribution is -0.123. The van der Waals surface area contributed by atoms with Crippen LogP contribution in [0.5, 0.6) is 0 Å². The summed E-state index contributed by atoms with van der Waals surface area (Å²) < 4.78 is 6.09. The van der Waals surface area contributed by atoms with Crippen molar-refractivity contribution in [2.75, 3.05) is 19.4 Å². The number of nitrogens with one attached hydrogen (secondary N) is 1. The van der Waals surface area contributed by atoms with E-state index in [-0.39, 0.29) is 23.9 Å². The minimum Gasteiger partial charge on any atom is -0.451 e. The van der Waals surface area contributed by atoms with Crippen LogP contribution in [0.4, 0.5) is 5.69 Å². The van der Waals surface area contributed by atoms with E-state index in [0.717, 1.165) is 0 Å². The number of carbonyl (C=O) groups excluding carboxylic acids is 2. The second-order valence-electron chi connectivity index (χ2n) is 3.22. The number of hydrogen-bond acceptors (Lipinski definition) is 5. The lowest BCUT2D eigenvalue weighted by Gasteiger charge is -2.04. The standard InChI is InChI=1S/C9H14N4O3/c1-5-7(10)8(13(3)12-5)9(15)16-4-6(14)11-2/h4,10H2,1-3H3,(H,11,14). The zero-order chi connectivity index (χ0) is 12.3. The predicted octanol–water partition coefficient (Wildman–Crippen LogP) is -0.786. The summed E-state index contributed by atoms with van der Waals surface area (Å²) in [5.74, 6) is -1.05. The summed E-state index contributed by atoms with van der Waals surface area (Å²) in [5.41, 5.74) is 6.63. The number of nitrogen functional groups attached to an aromatic ring is 1. The Balaban J connectivity index is 2.77. The first-order valence-corrected chi connectivity index (χ1v) is 4.64. The van der Waals surface area contributed by atoms with Crippen LogP contribution in [0, 0.1) is 6.92 Å². The highest BCUT2D eigenvalue weighted by Crippen LogP contribution is 2.15. The van der Waals surface area contributed by atoms with Crippen LogP contribution in [0.2, 0.25) is 0 Å². The molecule has 0 bridgehead atoms. The lowest BCUT2D eigenvalue weighted by Crippen LogP contribution is -2.26. The summed E-state index contributed by atoms with van der Waals surface area (Å²) in [6.45, 7) is 1.35. The molecule has 0 fully saturated rings. The molecule has 0 atom stereocenters. The third-order valence-corrected chi connectivity index (χ3v) is 2.08. The topological polar surface area (TPSA) is 99.2 Å². The molecule has 0 aromatic carbocycles. The smallest absolute Gasteiger partial charge is 0.359 e. The normalized spacial score (nSPS) is 9.94. The molecule has 0 aliphatic carbocycles. The Morgan fingerprint density at radius 3 is 2.62 bits per heavy atom. The van der Waals surface area contributed by atoms with E-state index in [1.807, 2.05) is 0 Å². The highest BCUT2D eigenvalue weighted by Gasteiger charge is 2.19. The van der Waals surface area contributed by atoms with E-state index in [9.17, 15) is 9.59 Å². The van der Waals surface area contributed by atoms with Crippen molar-refractivity contribution in [3.05, 3.63) is 11.4 Å². The van der Waals surface area contributed by atoms with Crippen molar-refractivity contribution in [2.24, 2.45) is 7.05 Å². The van der Waals surface area contributed by atoms with Gasteiger partial charge in [-0.05, 0) is 6.92 Å². The molecular formula is C9H14N4O3. The van der Waals surface area contributed by atoms with Gasteiger partial charge in [-0.3, -0.25) is 9.48 Å². The molecule has 88 valence electrons. The quantitative estimate of drug-likeness (QED) is 0.658. The molecule has 1 aromatic rings. The molecule has 1 heterocycles. The molecule has 0 unspecified atom stereocenters. The fourth-order valence-electron chi connectivity index (χ4n) is 1.19. The van der Waals surface area contributed by atoms with Gasteiger partial charge >= 0.3 is 5.97 Å². The van der Waals surface area contributed by atoms with Crippen LogP contribution in [-0.4, -0.2) is 35.3 Å². The SMILES string of the molecule is CNC(=O)COC(=O)c1c(N)c(C)nn1C. The Kier molecular flexibility index (Phi) is 3.49. The van der Waals surface area contributed by atoms with Crippen LogP contribution in [0.1, 0.15) is 16.2 Å². The van der Waals surface area contributed by atoms with Crippen molar-refractivity contribution < 1.29 is 14.3 Å². The van der Waals surface area contributed by atoms with E-state index in [4.69, 9.17) is 10.5 Å². The Morgan fingerprint density at radius 1 is 1.56 bits per heavy atom. The van der Waals surface area contributed by atoms with Crippen LogP contribution in [-0.2, 0) is 16.6 Å². The zero-order valence-electron chi connectivity index (χ0n) is 9.40. The molecule has 0 aliphatic rings. The number of likely N-dealkylation sites (N-methyl/N-ethyl adjacent to an activating group) is 1. The summed E-state index contributed by atoms with van der Waals surface area (Å²) in [7, 11) is 3.04. The van der Waals surface area contributed by atoms with Crippen LogP contribution >= 0.6 is 0 Å². The Bertz CT molecular complexity index is 425. The second kappa shape index (κ2) is 4.65. The highest BCUT2D eigenvalue weighted by atomic mass is 16.5. The van der Waals surface area contributed by atoms with E-state index in [1.54, 1.807) is 14.0 Å². The van der Waals surface area contributed by atoms with Gasteiger partial charge < -0.3 is 15.8 Å². The number of nitrogens with zero attached hydrogens (tertiary/aromatic N) is 2. The van der Waals surface area contributed by atoms with Crippen molar-refractivity contribution >= 4 is 17.6 Å². The first-order chi connectivity index (χ1) is 7.47. The number of aryl methyl sites for hydroxylation is 2. The van der Waals surface area contributed by atoms with Gasteiger partial charge in [0, 0.05) is 14.1 Å². The van der Waals surface area contributed by atoms with Gasteiger partial charge in [-0.25, -0.2) is 4.79 Å². The number of amides is 1. The first kappa shape index (κ1) is 12.0. The maximum Gasteiger partial charge on any atom is 0.359 e. The summed E-state index contributed by atoms with van der Waals surface area (Å²) in [5, 5.41) is 6.31. The van der Waals surface area contributed by atoms with E-state index in [0.29, 0.717) is 5.69 Å². The molecule has 7 heteroatoms. The van der Waals surface area contributed by atoms with Gasteiger partial charge in [-0.1, -0.05) is 0 Å². The van der Waals surface area contributed by atoms with Crippen molar-refractivity contribution in [1.29, 1.82) is 0 Å². The van der Waals surface area contributed by atoms with Crippen molar-refractivity contribution in [2.45, 2.75) is 6.92 Å². The molecule has 0 radical (unpaired) electrons. The maximum atomic E-state index is 11.6. The maximum absolute atomic E-state index is 11.6. The van der Waals surface area contributed by atoms with Gasteiger partial charge in [-0.2, -0.15) is 5.10 Å². The molecule has 3 N–H and O–H groups in total. The van der Waals surface area contributed by atoms with Crippen LogP contribution in [0.3, 0.4) is 0 Å². The third-order valence-electron chi connectivity index (χ3n) is 2.08. The fraction of sp³-hybridized carbons (Fsp3) is 0.444. The van der Waals surface area contributed by atoms with Gasteiger partial charge in [0.25, 0.3) is 5.91 Å². The van der Waals surface area contributed by atoms with Crippen molar-refractivity contribution in [3.8, 4) is 0 Å². The molecule has 7 nitrogen and oxygen atoms in total. The molecule has 0 saturated heterocycles. The average Bonchev–Trinajstić information content (AvgIpc) is 2.49. The molecule has 1 aromatic heterocycles. The average molecular weight is 226 g/mol. The van der Waals surface area contributed by atoms with Gasteiger partial charge in [-0.15, -0.1) is 0 Å². The highest BCUT2D eigenvalue weighted by molar-refractivity contribution is 5.95. The van der Waals surface area contributed by atoms with E-state index in [2.05, 4.69) is 10.4 Å². The Hall–Kier alpha value is -2.05. The molecular weight excluding hydrogens is 212 g/mol. The number of anilines is 1. The number of aromatic nitrogens is 2. The summed E-state index contributed by atoms with van der Waals surface area (Å²) in [4.78, 5) is 22.5. The number of hydrogen-bond donors (Lipinski definition) is 2. The van der Waals surface area contributed by atoms with Gasteiger partial charge in [0.2, 0.25) is 0 Å². The van der Waals surface area contributed by atoms with Crippen LogP contribution in [0.25, 0.3) is 0 Å². The van der Waals surface area contributed by atoms with E-state index >= 15 is 0 Å². The zero-order valence-corrected chi connectivity index (χ0v) is 9.40. The van der Waals surface area contributed by atoms with E-state index < -0.39 is 5.97 Å². The monoisotopic (exact) mass is 226 g/mol. The predicted molar refractivity (Wildman–Crippen MR) is 56.7 cm³/mol. The number of esters is 1. The second-order valence-corrected chi connectivity index (χ2v) is 3.22. The summed E-state index contributed by atoms with van der Waals surface area (Å²) >= 11 is 0. The number of ether oxygens (including phenoxy) is 1. The summed E-state index contributed by atoms with van der Waals surface area (Å²) in [6.07, 6.45) is 0. The van der Waals surface area contributed by atoms with Crippen molar-refractivity contribution in [1.82, 2.24) is 15.1 Å². The molecule has 1 amide bonds. The molecule has 1 rings (SSSR count). The third kappa shape index (κ3) is 2.30. The van der Waals surface area contributed by atoms with Gasteiger partial charge in [0.15, 0.2) is 12.3 Å². The minimum atomic E-state index is -0.663. The van der Waals surface area contributed by atoms with E-state index in [1.165, 1.54) is 11.7 Å². The Morgan fingerprint density at radius 2 is 2.19 bits per heavy atom. The fourth-order valence-corrected chi connectivity index (χ4v) is 1.19.